The molecule has 16 heavy (non-hydrogen) atoms. The molecule has 1 spiro atoms. The number of cyclic esters (lactones) is 2. The highest BCUT2D eigenvalue weighted by atomic mass is 16.6. The number of hydrogen-bond acceptors (Lipinski definition) is 3. The van der Waals surface area contributed by atoms with Crippen LogP contribution in [-0.2, 0) is 14.3 Å². The van der Waals surface area contributed by atoms with Crippen LogP contribution in [0.1, 0.15) is 51.4 Å². The number of hydrogen-bond donors (Lipinski definition) is 0. The Morgan fingerprint density at radius 2 is 1.81 bits per heavy atom. The summed E-state index contributed by atoms with van der Waals surface area (Å²) in [6.45, 7) is 0. The molecular formula is C13H16O3. The van der Waals surface area contributed by atoms with Crippen LogP contribution in [-0.4, -0.2) is 11.9 Å². The third kappa shape index (κ3) is 0.712. The van der Waals surface area contributed by atoms with Gasteiger partial charge in [-0.25, -0.2) is 0 Å². The van der Waals surface area contributed by atoms with E-state index in [4.69, 9.17) is 4.74 Å². The summed E-state index contributed by atoms with van der Waals surface area (Å²) in [5.74, 6) is -0.477. The monoisotopic (exact) mass is 220 g/mol. The molecule has 1 heterocycles. The topological polar surface area (TPSA) is 43.4 Å². The number of esters is 2. The molecule has 0 radical (unpaired) electrons. The van der Waals surface area contributed by atoms with Crippen molar-refractivity contribution in [1.82, 2.24) is 0 Å². The largest absolute Gasteiger partial charge is 0.393 e. The Bertz CT molecular complexity index is 415. The summed E-state index contributed by atoms with van der Waals surface area (Å²) in [5, 5.41) is 0. The van der Waals surface area contributed by atoms with Crippen molar-refractivity contribution >= 4 is 11.9 Å². The first-order chi connectivity index (χ1) is 7.64. The van der Waals surface area contributed by atoms with Gasteiger partial charge in [0.2, 0.25) is 0 Å². The standard InChI is InChI=1S/C13H16O3/c14-9-7-12(10(15)16-9)4-2-1-3-11-5-6-13(11,12)8-11/h1-8H2. The minimum Gasteiger partial charge on any atom is -0.393 e. The summed E-state index contributed by atoms with van der Waals surface area (Å²) in [5.41, 5.74) is 0.214. The SMILES string of the molecule is O=C1CC2(CCCCC34CCC32C4)C(=O)O1. The predicted molar refractivity (Wildman–Crippen MR) is 55.3 cm³/mol. The Kier molecular flexibility index (Phi) is 1.36. The number of carbonyl (C=O) groups excluding carboxylic acids is 2. The Labute approximate surface area is 94.5 Å². The van der Waals surface area contributed by atoms with E-state index in [2.05, 4.69) is 0 Å². The van der Waals surface area contributed by atoms with Crippen LogP contribution in [0.4, 0.5) is 0 Å². The molecule has 86 valence electrons. The molecular weight excluding hydrogens is 204 g/mol. The van der Waals surface area contributed by atoms with Crippen molar-refractivity contribution in [3.63, 3.8) is 0 Å². The Balaban J connectivity index is 1.82. The predicted octanol–water partition coefficient (Wildman–Crippen LogP) is 2.19. The molecule has 3 saturated carbocycles. The van der Waals surface area contributed by atoms with Crippen LogP contribution in [0.5, 0.6) is 0 Å². The molecule has 0 amide bonds. The molecule has 4 aliphatic rings. The van der Waals surface area contributed by atoms with Crippen LogP contribution in [0, 0.1) is 16.2 Å². The van der Waals surface area contributed by atoms with Gasteiger partial charge in [0.05, 0.1) is 11.8 Å². The van der Waals surface area contributed by atoms with Gasteiger partial charge in [0.25, 0.3) is 0 Å². The maximum atomic E-state index is 12.1. The third-order valence-electron chi connectivity index (χ3n) is 6.03. The molecule has 1 aliphatic heterocycles. The van der Waals surface area contributed by atoms with Gasteiger partial charge in [-0.1, -0.05) is 12.8 Å². The van der Waals surface area contributed by atoms with Gasteiger partial charge in [-0.15, -0.1) is 0 Å². The first-order valence-electron chi connectivity index (χ1n) is 6.39. The molecule has 4 fully saturated rings. The molecule has 1 saturated heterocycles. The molecule has 0 aromatic rings. The van der Waals surface area contributed by atoms with E-state index in [-0.39, 0.29) is 17.4 Å². The highest BCUT2D eigenvalue weighted by Gasteiger charge is 2.83. The molecule has 0 aromatic carbocycles. The zero-order valence-corrected chi connectivity index (χ0v) is 9.38. The Hall–Kier alpha value is -0.860. The van der Waals surface area contributed by atoms with E-state index in [9.17, 15) is 9.59 Å². The molecule has 0 N–H and O–H groups in total. The lowest BCUT2D eigenvalue weighted by Crippen LogP contribution is -2.44. The van der Waals surface area contributed by atoms with E-state index in [0.717, 1.165) is 19.3 Å². The van der Waals surface area contributed by atoms with E-state index in [1.807, 2.05) is 0 Å². The van der Waals surface area contributed by atoms with Crippen molar-refractivity contribution in [3.8, 4) is 0 Å². The quantitative estimate of drug-likeness (QED) is 0.464. The average molecular weight is 220 g/mol. The van der Waals surface area contributed by atoms with Crippen LogP contribution in [0.2, 0.25) is 0 Å². The van der Waals surface area contributed by atoms with Gasteiger partial charge in [-0.3, -0.25) is 9.59 Å². The lowest BCUT2D eigenvalue weighted by atomic mass is 9.57. The first kappa shape index (κ1) is 9.20. The molecule has 4 rings (SSSR count). The maximum absolute atomic E-state index is 12.1. The summed E-state index contributed by atoms with van der Waals surface area (Å²) in [7, 11) is 0. The van der Waals surface area contributed by atoms with Gasteiger partial charge in [-0.2, -0.15) is 0 Å². The van der Waals surface area contributed by atoms with Gasteiger partial charge in [-0.05, 0) is 42.9 Å². The molecule has 3 atom stereocenters. The molecule has 3 aliphatic carbocycles. The first-order valence-corrected chi connectivity index (χ1v) is 6.39. The molecule has 0 aromatic heterocycles. The van der Waals surface area contributed by atoms with Crippen molar-refractivity contribution in [2.75, 3.05) is 0 Å². The lowest BCUT2D eigenvalue weighted by molar-refractivity contribution is -0.159. The van der Waals surface area contributed by atoms with E-state index < -0.39 is 5.41 Å². The van der Waals surface area contributed by atoms with Crippen LogP contribution in [0.15, 0.2) is 0 Å². The van der Waals surface area contributed by atoms with Gasteiger partial charge in [0.1, 0.15) is 0 Å². The lowest BCUT2D eigenvalue weighted by Gasteiger charge is -2.43. The van der Waals surface area contributed by atoms with Crippen LogP contribution in [0.25, 0.3) is 0 Å². The van der Waals surface area contributed by atoms with Crippen molar-refractivity contribution in [3.05, 3.63) is 0 Å². The number of carbonyl (C=O) groups is 2. The number of ether oxygens (including phenoxy) is 1. The minimum atomic E-state index is -0.404. The van der Waals surface area contributed by atoms with E-state index in [0.29, 0.717) is 11.8 Å². The van der Waals surface area contributed by atoms with Gasteiger partial charge in [0, 0.05) is 0 Å². The fourth-order valence-electron chi connectivity index (χ4n) is 5.10. The zero-order chi connectivity index (χ0) is 11.0. The van der Waals surface area contributed by atoms with Crippen LogP contribution >= 0.6 is 0 Å². The highest BCUT2D eigenvalue weighted by molar-refractivity contribution is 5.98. The molecule has 0 bridgehead atoms. The van der Waals surface area contributed by atoms with Crippen LogP contribution in [0.3, 0.4) is 0 Å². The smallest absolute Gasteiger partial charge is 0.320 e. The number of rotatable bonds is 0. The maximum Gasteiger partial charge on any atom is 0.320 e. The molecule has 3 nitrogen and oxygen atoms in total. The van der Waals surface area contributed by atoms with Crippen LogP contribution < -0.4 is 0 Å². The normalized spacial score (nSPS) is 53.8. The van der Waals surface area contributed by atoms with Crippen molar-refractivity contribution < 1.29 is 14.3 Å². The van der Waals surface area contributed by atoms with Gasteiger partial charge >= 0.3 is 11.9 Å². The summed E-state index contributed by atoms with van der Waals surface area (Å²) in [6.07, 6.45) is 8.45. The van der Waals surface area contributed by atoms with Crippen molar-refractivity contribution in [2.45, 2.75) is 51.4 Å². The fraction of sp³-hybridized carbons (Fsp3) is 0.846. The van der Waals surface area contributed by atoms with E-state index >= 15 is 0 Å². The minimum absolute atomic E-state index is 0.180. The second-order valence-electron chi connectivity index (χ2n) is 6.27. The average Bonchev–Trinajstić information content (AvgIpc) is 2.55. The van der Waals surface area contributed by atoms with Gasteiger partial charge < -0.3 is 4.74 Å². The third-order valence-corrected chi connectivity index (χ3v) is 6.03. The Morgan fingerprint density at radius 1 is 1.00 bits per heavy atom. The highest BCUT2D eigenvalue weighted by Crippen LogP contribution is 2.88. The summed E-state index contributed by atoms with van der Waals surface area (Å²) < 4.78 is 4.87. The second kappa shape index (κ2) is 2.36. The van der Waals surface area contributed by atoms with Crippen molar-refractivity contribution in [1.29, 1.82) is 0 Å². The second-order valence-corrected chi connectivity index (χ2v) is 6.27. The molecule has 3 heteroatoms. The summed E-state index contributed by atoms with van der Waals surface area (Å²) in [6, 6.07) is 0. The Morgan fingerprint density at radius 3 is 2.44 bits per heavy atom. The zero-order valence-electron chi connectivity index (χ0n) is 9.38. The van der Waals surface area contributed by atoms with Crippen molar-refractivity contribution in [2.24, 2.45) is 16.2 Å². The van der Waals surface area contributed by atoms with E-state index in [1.165, 1.54) is 25.7 Å². The fourth-order valence-corrected chi connectivity index (χ4v) is 5.10. The van der Waals surface area contributed by atoms with E-state index in [1.54, 1.807) is 0 Å². The summed E-state index contributed by atoms with van der Waals surface area (Å²) in [4.78, 5) is 23.5. The summed E-state index contributed by atoms with van der Waals surface area (Å²) >= 11 is 0. The van der Waals surface area contributed by atoms with Gasteiger partial charge in [0.15, 0.2) is 0 Å². The molecule has 3 unspecified atom stereocenters.